The molecular weight excluding hydrogens is 332 g/mol. The quantitative estimate of drug-likeness (QED) is 0.676. The Hall–Kier alpha value is -3.02. The Morgan fingerprint density at radius 1 is 0.923 bits per heavy atom. The maximum atomic E-state index is 12.0. The van der Waals surface area contributed by atoms with E-state index in [-0.39, 0.29) is 18.4 Å². The smallest absolute Gasteiger partial charge is 0.258 e. The lowest BCUT2D eigenvalue weighted by Crippen LogP contribution is -2.36. The van der Waals surface area contributed by atoms with E-state index in [1.165, 1.54) is 0 Å². The highest BCUT2D eigenvalue weighted by Gasteiger charge is 2.06. The summed E-state index contributed by atoms with van der Waals surface area (Å²) >= 11 is 0. The van der Waals surface area contributed by atoms with Gasteiger partial charge in [0.25, 0.3) is 11.8 Å². The van der Waals surface area contributed by atoms with E-state index < -0.39 is 0 Å². The number of carbonyl (C=O) groups is 2. The molecule has 138 valence electrons. The minimum atomic E-state index is -0.247. The highest BCUT2D eigenvalue weighted by Crippen LogP contribution is 2.17. The highest BCUT2D eigenvalue weighted by atomic mass is 16.5. The summed E-state index contributed by atoms with van der Waals surface area (Å²) < 4.78 is 10.7. The normalized spacial score (nSPS) is 10.1. The number of hydrogen-bond acceptors (Lipinski definition) is 4. The van der Waals surface area contributed by atoms with Gasteiger partial charge in [-0.05, 0) is 50.2 Å². The van der Waals surface area contributed by atoms with Gasteiger partial charge in [-0.3, -0.25) is 9.59 Å². The molecule has 6 heteroatoms. The maximum Gasteiger partial charge on any atom is 0.258 e. The van der Waals surface area contributed by atoms with Crippen molar-refractivity contribution < 1.29 is 19.1 Å². The molecule has 0 bridgehead atoms. The molecule has 2 N–H and O–H groups in total. The number of aryl methyl sites for hydroxylation is 1. The fourth-order valence-corrected chi connectivity index (χ4v) is 2.26. The van der Waals surface area contributed by atoms with Gasteiger partial charge in [-0.1, -0.05) is 17.7 Å². The van der Waals surface area contributed by atoms with Gasteiger partial charge in [0.05, 0.1) is 6.61 Å². The van der Waals surface area contributed by atoms with Gasteiger partial charge in [0.1, 0.15) is 11.5 Å². The van der Waals surface area contributed by atoms with Crippen LogP contribution in [0.4, 0.5) is 0 Å². The Kier molecular flexibility index (Phi) is 7.49. The molecule has 2 aromatic carbocycles. The Balaban J connectivity index is 1.63. The molecule has 0 aliphatic heterocycles. The van der Waals surface area contributed by atoms with Crippen molar-refractivity contribution in [3.8, 4) is 11.5 Å². The van der Waals surface area contributed by atoms with E-state index in [1.54, 1.807) is 30.3 Å². The van der Waals surface area contributed by atoms with Crippen molar-refractivity contribution in [2.24, 2.45) is 0 Å². The van der Waals surface area contributed by atoms with E-state index in [4.69, 9.17) is 9.47 Å². The molecule has 0 saturated carbocycles. The van der Waals surface area contributed by atoms with Crippen molar-refractivity contribution in [1.82, 2.24) is 10.6 Å². The molecule has 0 saturated heterocycles. The molecule has 6 nitrogen and oxygen atoms in total. The van der Waals surface area contributed by atoms with Crippen LogP contribution in [-0.4, -0.2) is 38.1 Å². The molecule has 0 heterocycles. The lowest BCUT2D eigenvalue weighted by Gasteiger charge is -2.09. The maximum absolute atomic E-state index is 12.0. The van der Waals surface area contributed by atoms with Crippen LogP contribution in [0.25, 0.3) is 0 Å². The summed E-state index contributed by atoms with van der Waals surface area (Å²) in [5.41, 5.74) is 1.63. The molecule has 0 fully saturated rings. The number of nitrogens with one attached hydrogen (secondary N) is 2. The van der Waals surface area contributed by atoms with Crippen molar-refractivity contribution in [3.63, 3.8) is 0 Å². The van der Waals surface area contributed by atoms with E-state index in [2.05, 4.69) is 10.6 Å². The standard InChI is InChI=1S/C20H24N2O4/c1-3-25-17-7-9-18(10-8-17)26-14-19(23)21-11-12-22-20(24)16-6-4-5-15(2)13-16/h4-10,13H,3,11-12,14H2,1-2H3,(H,21,23)(H,22,24). The summed E-state index contributed by atoms with van der Waals surface area (Å²) in [5.74, 6) is 0.947. The molecular formula is C20H24N2O4. The van der Waals surface area contributed by atoms with Gasteiger partial charge < -0.3 is 20.1 Å². The Labute approximate surface area is 153 Å². The largest absolute Gasteiger partial charge is 0.494 e. The van der Waals surface area contributed by atoms with Crippen LogP contribution in [0.5, 0.6) is 11.5 Å². The highest BCUT2D eigenvalue weighted by molar-refractivity contribution is 5.94. The molecule has 2 aromatic rings. The van der Waals surface area contributed by atoms with Gasteiger partial charge >= 0.3 is 0 Å². The van der Waals surface area contributed by atoms with Gasteiger partial charge in [0.2, 0.25) is 0 Å². The van der Waals surface area contributed by atoms with Gasteiger partial charge in [-0.2, -0.15) is 0 Å². The summed E-state index contributed by atoms with van der Waals surface area (Å²) in [6.07, 6.45) is 0. The first-order valence-corrected chi connectivity index (χ1v) is 8.55. The van der Waals surface area contributed by atoms with Crippen molar-refractivity contribution in [2.45, 2.75) is 13.8 Å². The second-order valence-electron chi connectivity index (χ2n) is 5.67. The molecule has 26 heavy (non-hydrogen) atoms. The fourth-order valence-electron chi connectivity index (χ4n) is 2.26. The third-order valence-electron chi connectivity index (χ3n) is 3.52. The number of amides is 2. The summed E-state index contributed by atoms with van der Waals surface area (Å²) in [4.78, 5) is 23.7. The Morgan fingerprint density at radius 3 is 2.23 bits per heavy atom. The first-order chi connectivity index (χ1) is 12.6. The van der Waals surface area contributed by atoms with Crippen molar-refractivity contribution in [3.05, 3.63) is 59.7 Å². The number of ether oxygens (including phenoxy) is 2. The molecule has 0 spiro atoms. The molecule has 0 radical (unpaired) electrons. The molecule has 0 unspecified atom stereocenters. The van der Waals surface area contributed by atoms with Crippen LogP contribution in [0.3, 0.4) is 0 Å². The van der Waals surface area contributed by atoms with Crippen LogP contribution in [0.15, 0.2) is 48.5 Å². The van der Waals surface area contributed by atoms with Crippen LogP contribution in [0.1, 0.15) is 22.8 Å². The summed E-state index contributed by atoms with van der Waals surface area (Å²) in [7, 11) is 0. The van der Waals surface area contributed by atoms with Crippen LogP contribution in [0.2, 0.25) is 0 Å². The van der Waals surface area contributed by atoms with Crippen LogP contribution in [-0.2, 0) is 4.79 Å². The Morgan fingerprint density at radius 2 is 1.58 bits per heavy atom. The minimum Gasteiger partial charge on any atom is -0.494 e. The summed E-state index contributed by atoms with van der Waals surface area (Å²) in [5, 5.41) is 5.46. The van der Waals surface area contributed by atoms with Crippen molar-refractivity contribution in [2.75, 3.05) is 26.3 Å². The predicted octanol–water partition coefficient (Wildman–Crippen LogP) is 2.32. The third kappa shape index (κ3) is 6.47. The number of carbonyl (C=O) groups excluding carboxylic acids is 2. The molecule has 0 aliphatic carbocycles. The lowest BCUT2D eigenvalue weighted by molar-refractivity contribution is -0.123. The van der Waals surface area contributed by atoms with E-state index in [1.807, 2.05) is 32.0 Å². The van der Waals surface area contributed by atoms with E-state index >= 15 is 0 Å². The number of benzene rings is 2. The first-order valence-electron chi connectivity index (χ1n) is 8.55. The average molecular weight is 356 g/mol. The molecule has 0 atom stereocenters. The predicted molar refractivity (Wildman–Crippen MR) is 99.6 cm³/mol. The van der Waals surface area contributed by atoms with Crippen LogP contribution >= 0.6 is 0 Å². The second-order valence-corrected chi connectivity index (χ2v) is 5.67. The SMILES string of the molecule is CCOc1ccc(OCC(=O)NCCNC(=O)c2cccc(C)c2)cc1. The van der Waals surface area contributed by atoms with E-state index in [0.29, 0.717) is 31.0 Å². The number of rotatable bonds is 9. The van der Waals surface area contributed by atoms with Crippen molar-refractivity contribution in [1.29, 1.82) is 0 Å². The average Bonchev–Trinajstić information content (AvgIpc) is 2.65. The molecule has 2 amide bonds. The van der Waals surface area contributed by atoms with E-state index in [9.17, 15) is 9.59 Å². The fraction of sp³-hybridized carbons (Fsp3) is 0.300. The molecule has 0 aliphatic rings. The summed E-state index contributed by atoms with van der Waals surface area (Å²) in [6, 6.07) is 14.4. The van der Waals surface area contributed by atoms with Gasteiger partial charge in [-0.15, -0.1) is 0 Å². The van der Waals surface area contributed by atoms with Crippen molar-refractivity contribution >= 4 is 11.8 Å². The molecule has 0 aromatic heterocycles. The number of hydrogen-bond donors (Lipinski definition) is 2. The zero-order valence-electron chi connectivity index (χ0n) is 15.1. The van der Waals surface area contributed by atoms with E-state index in [0.717, 1.165) is 11.3 Å². The topological polar surface area (TPSA) is 76.7 Å². The Bertz CT molecular complexity index is 729. The third-order valence-corrected chi connectivity index (χ3v) is 3.52. The molecule has 2 rings (SSSR count). The lowest BCUT2D eigenvalue weighted by atomic mass is 10.1. The first kappa shape index (κ1) is 19.3. The van der Waals surface area contributed by atoms with Gasteiger partial charge in [0.15, 0.2) is 6.61 Å². The van der Waals surface area contributed by atoms with Gasteiger partial charge in [0, 0.05) is 18.7 Å². The van der Waals surface area contributed by atoms with Crippen LogP contribution in [0, 0.1) is 6.92 Å². The second kappa shape index (κ2) is 10.1. The zero-order valence-corrected chi connectivity index (χ0v) is 15.1. The monoisotopic (exact) mass is 356 g/mol. The summed E-state index contributed by atoms with van der Waals surface area (Å²) in [6.45, 7) is 5.05. The van der Waals surface area contributed by atoms with Crippen LogP contribution < -0.4 is 20.1 Å². The minimum absolute atomic E-state index is 0.0835. The van der Waals surface area contributed by atoms with Gasteiger partial charge in [-0.25, -0.2) is 0 Å². The zero-order chi connectivity index (χ0) is 18.8.